The fraction of sp³-hybridized carbons (Fsp3) is 0.273. The van der Waals surface area contributed by atoms with Gasteiger partial charge >= 0.3 is 0 Å². The van der Waals surface area contributed by atoms with Crippen LogP contribution in [0.2, 0.25) is 0 Å². The number of aliphatic hydroxyl groups excluding tert-OH is 1. The standard InChI is InChI=1S/C22H26N4O2.2ClH/c1-16-7-5-6-10-19(16)21(27)12-24-22(28)20(23)11-18-14-26(15-25-18)13-17-8-3-2-4-9-17;;/h2-10,14-15,20-21,27H,11-13,23H2,1H3,(H,24,28);2*1H/t20-,21?;;/m0../s1. The van der Waals surface area contributed by atoms with Gasteiger partial charge in [0.2, 0.25) is 5.91 Å². The van der Waals surface area contributed by atoms with Crippen molar-refractivity contribution in [2.45, 2.75) is 32.0 Å². The van der Waals surface area contributed by atoms with Crippen molar-refractivity contribution in [1.82, 2.24) is 14.9 Å². The highest BCUT2D eigenvalue weighted by Crippen LogP contribution is 2.16. The molecule has 4 N–H and O–H groups in total. The summed E-state index contributed by atoms with van der Waals surface area (Å²) in [6, 6.07) is 16.9. The smallest absolute Gasteiger partial charge is 0.237 e. The van der Waals surface area contributed by atoms with Gasteiger partial charge in [0.25, 0.3) is 0 Å². The molecule has 3 aromatic rings. The second-order valence-electron chi connectivity index (χ2n) is 6.95. The molecule has 0 bridgehead atoms. The van der Waals surface area contributed by atoms with Crippen LogP contribution < -0.4 is 11.1 Å². The van der Waals surface area contributed by atoms with E-state index in [1.807, 2.05) is 60.2 Å². The second-order valence-corrected chi connectivity index (χ2v) is 6.95. The largest absolute Gasteiger partial charge is 0.387 e. The van der Waals surface area contributed by atoms with Gasteiger partial charge in [0, 0.05) is 25.7 Å². The molecule has 0 aliphatic rings. The molecule has 162 valence electrons. The summed E-state index contributed by atoms with van der Waals surface area (Å²) in [4.78, 5) is 16.6. The van der Waals surface area contributed by atoms with E-state index in [0.29, 0.717) is 6.42 Å². The molecule has 1 amide bonds. The summed E-state index contributed by atoms with van der Waals surface area (Å²) in [6.07, 6.45) is 3.23. The van der Waals surface area contributed by atoms with E-state index in [0.717, 1.165) is 23.4 Å². The van der Waals surface area contributed by atoms with Crippen LogP contribution in [0.4, 0.5) is 0 Å². The van der Waals surface area contributed by atoms with Gasteiger partial charge in [-0.15, -0.1) is 24.8 Å². The first-order valence-electron chi connectivity index (χ1n) is 9.34. The summed E-state index contributed by atoms with van der Waals surface area (Å²) >= 11 is 0. The maximum absolute atomic E-state index is 12.3. The molecular formula is C22H28Cl2N4O2. The number of nitrogens with two attached hydrogens (primary N) is 1. The molecule has 0 aliphatic heterocycles. The van der Waals surface area contributed by atoms with Crippen LogP contribution in [-0.4, -0.2) is 33.2 Å². The second kappa shape index (κ2) is 12.3. The molecule has 8 heteroatoms. The van der Waals surface area contributed by atoms with E-state index in [2.05, 4.69) is 22.4 Å². The Balaban J connectivity index is 0.00000225. The summed E-state index contributed by atoms with van der Waals surface area (Å²) in [6.45, 7) is 2.77. The van der Waals surface area contributed by atoms with Gasteiger partial charge in [-0.3, -0.25) is 4.79 Å². The number of imidazole rings is 1. The van der Waals surface area contributed by atoms with Crippen LogP contribution in [0, 0.1) is 6.92 Å². The van der Waals surface area contributed by atoms with E-state index >= 15 is 0 Å². The number of aryl methyl sites for hydroxylation is 1. The molecule has 2 aromatic carbocycles. The quantitative estimate of drug-likeness (QED) is 0.491. The average Bonchev–Trinajstić information content (AvgIpc) is 3.13. The van der Waals surface area contributed by atoms with Crippen LogP contribution in [0.3, 0.4) is 0 Å². The normalized spacial score (nSPS) is 12.2. The first-order chi connectivity index (χ1) is 13.5. The van der Waals surface area contributed by atoms with E-state index in [4.69, 9.17) is 5.73 Å². The fourth-order valence-corrected chi connectivity index (χ4v) is 3.11. The van der Waals surface area contributed by atoms with Crippen LogP contribution in [0.5, 0.6) is 0 Å². The zero-order valence-corrected chi connectivity index (χ0v) is 18.4. The highest BCUT2D eigenvalue weighted by atomic mass is 35.5. The van der Waals surface area contributed by atoms with Gasteiger partial charge in [-0.1, -0.05) is 54.6 Å². The number of benzene rings is 2. The summed E-state index contributed by atoms with van der Waals surface area (Å²) < 4.78 is 1.97. The summed E-state index contributed by atoms with van der Waals surface area (Å²) in [5.41, 5.74) is 9.75. The number of nitrogens with one attached hydrogen (secondary N) is 1. The third-order valence-corrected chi connectivity index (χ3v) is 4.68. The number of carbonyl (C=O) groups is 1. The maximum atomic E-state index is 12.3. The first kappa shape index (κ1) is 25.7. The number of amides is 1. The molecule has 0 spiro atoms. The highest BCUT2D eigenvalue weighted by molar-refractivity contribution is 5.85. The van der Waals surface area contributed by atoms with Crippen molar-refractivity contribution in [3.63, 3.8) is 0 Å². The molecular weight excluding hydrogens is 423 g/mol. The summed E-state index contributed by atoms with van der Waals surface area (Å²) in [5, 5.41) is 13.0. The topological polar surface area (TPSA) is 93.2 Å². The lowest BCUT2D eigenvalue weighted by Gasteiger charge is -2.16. The summed E-state index contributed by atoms with van der Waals surface area (Å²) in [7, 11) is 0. The lowest BCUT2D eigenvalue weighted by Crippen LogP contribution is -2.43. The van der Waals surface area contributed by atoms with Crippen LogP contribution in [0.1, 0.15) is 28.5 Å². The molecule has 0 saturated heterocycles. The van der Waals surface area contributed by atoms with Crippen molar-refractivity contribution < 1.29 is 9.90 Å². The molecule has 0 aliphatic carbocycles. The van der Waals surface area contributed by atoms with E-state index in [9.17, 15) is 9.90 Å². The zero-order chi connectivity index (χ0) is 19.9. The molecule has 0 radical (unpaired) electrons. The molecule has 1 aromatic heterocycles. The molecule has 1 heterocycles. The highest BCUT2D eigenvalue weighted by Gasteiger charge is 2.17. The van der Waals surface area contributed by atoms with Gasteiger partial charge in [0.15, 0.2) is 0 Å². The number of hydrogen-bond acceptors (Lipinski definition) is 4. The third-order valence-electron chi connectivity index (χ3n) is 4.68. The molecule has 0 fully saturated rings. The van der Waals surface area contributed by atoms with Gasteiger partial charge in [-0.25, -0.2) is 4.98 Å². The van der Waals surface area contributed by atoms with E-state index in [-0.39, 0.29) is 37.3 Å². The van der Waals surface area contributed by atoms with Gasteiger partial charge in [0.1, 0.15) is 0 Å². The van der Waals surface area contributed by atoms with Crippen molar-refractivity contribution in [3.05, 3.63) is 89.5 Å². The van der Waals surface area contributed by atoms with Crippen molar-refractivity contribution in [1.29, 1.82) is 0 Å². The molecule has 0 saturated carbocycles. The van der Waals surface area contributed by atoms with E-state index < -0.39 is 12.1 Å². The Bertz CT molecular complexity index is 918. The summed E-state index contributed by atoms with van der Waals surface area (Å²) in [5.74, 6) is -0.301. The number of aliphatic hydroxyl groups is 1. The van der Waals surface area contributed by atoms with Crippen molar-refractivity contribution >= 4 is 30.7 Å². The van der Waals surface area contributed by atoms with Crippen molar-refractivity contribution in [2.75, 3.05) is 6.54 Å². The van der Waals surface area contributed by atoms with Crippen LogP contribution in [0.15, 0.2) is 67.1 Å². The Morgan fingerprint density at radius 2 is 1.80 bits per heavy atom. The predicted molar refractivity (Wildman–Crippen MR) is 123 cm³/mol. The minimum atomic E-state index is -0.762. The Morgan fingerprint density at radius 3 is 2.50 bits per heavy atom. The number of halogens is 2. The van der Waals surface area contributed by atoms with Crippen molar-refractivity contribution in [2.24, 2.45) is 5.73 Å². The minimum Gasteiger partial charge on any atom is -0.387 e. The Hall–Kier alpha value is -2.38. The Morgan fingerprint density at radius 1 is 1.13 bits per heavy atom. The van der Waals surface area contributed by atoms with Gasteiger partial charge < -0.3 is 20.7 Å². The molecule has 2 atom stereocenters. The SMILES string of the molecule is Cc1ccccc1C(O)CNC(=O)[C@@H](N)Cc1cn(Cc2ccccc2)cn1.Cl.Cl. The third kappa shape index (κ3) is 7.15. The van der Waals surface area contributed by atoms with Gasteiger partial charge in [-0.2, -0.15) is 0 Å². The maximum Gasteiger partial charge on any atom is 0.237 e. The number of aromatic nitrogens is 2. The lowest BCUT2D eigenvalue weighted by molar-refractivity contribution is -0.122. The predicted octanol–water partition coefficient (Wildman–Crippen LogP) is 2.80. The van der Waals surface area contributed by atoms with Crippen molar-refractivity contribution in [3.8, 4) is 0 Å². The van der Waals surface area contributed by atoms with Crippen LogP contribution >= 0.6 is 24.8 Å². The van der Waals surface area contributed by atoms with E-state index in [1.54, 1.807) is 6.33 Å². The first-order valence-corrected chi connectivity index (χ1v) is 9.34. The van der Waals surface area contributed by atoms with E-state index in [1.165, 1.54) is 5.56 Å². The number of carbonyl (C=O) groups excluding carboxylic acids is 1. The zero-order valence-electron chi connectivity index (χ0n) is 16.8. The molecule has 30 heavy (non-hydrogen) atoms. The lowest BCUT2D eigenvalue weighted by atomic mass is 10.0. The number of rotatable bonds is 8. The number of hydrogen-bond donors (Lipinski definition) is 3. The molecule has 6 nitrogen and oxygen atoms in total. The van der Waals surface area contributed by atoms with Gasteiger partial charge in [-0.05, 0) is 23.6 Å². The minimum absolute atomic E-state index is 0. The van der Waals surface area contributed by atoms with Crippen LogP contribution in [-0.2, 0) is 17.8 Å². The fourth-order valence-electron chi connectivity index (χ4n) is 3.11. The number of nitrogens with zero attached hydrogens (tertiary/aromatic N) is 2. The Labute approximate surface area is 189 Å². The molecule has 3 rings (SSSR count). The van der Waals surface area contributed by atoms with Crippen LogP contribution in [0.25, 0.3) is 0 Å². The van der Waals surface area contributed by atoms with Gasteiger partial charge in [0.05, 0.1) is 24.2 Å². The molecule has 1 unspecified atom stereocenters. The average molecular weight is 451 g/mol. The Kier molecular flexibility index (Phi) is 10.6. The monoisotopic (exact) mass is 450 g/mol.